The minimum absolute atomic E-state index is 0.107. The first-order chi connectivity index (χ1) is 9.93. The van der Waals surface area contributed by atoms with E-state index in [2.05, 4.69) is 0 Å². The van der Waals surface area contributed by atoms with Crippen molar-refractivity contribution in [3.05, 3.63) is 54.5 Å². The molecule has 3 aromatic carbocycles. The molecule has 0 aliphatic carbocycles. The molecule has 0 saturated carbocycles. The summed E-state index contributed by atoms with van der Waals surface area (Å²) < 4.78 is 31.5. The zero-order valence-electron chi connectivity index (χ0n) is 12.9. The van der Waals surface area contributed by atoms with Crippen LogP contribution in [0.4, 0.5) is 0 Å². The van der Waals surface area contributed by atoms with Crippen molar-refractivity contribution in [2.24, 2.45) is 0 Å². The van der Waals surface area contributed by atoms with Crippen LogP contribution in [-0.4, -0.2) is 17.2 Å². The normalized spacial score (nSPS) is 14.2. The van der Waals surface area contributed by atoms with Gasteiger partial charge in [-0.25, -0.2) is 0 Å². The fourth-order valence-electron chi connectivity index (χ4n) is 2.07. The maximum Gasteiger partial charge on any atom is 0.489 e. The molecule has 0 bridgehead atoms. The maximum absolute atomic E-state index is 9.70. The molecule has 3 heteroatoms. The van der Waals surface area contributed by atoms with Gasteiger partial charge in [-0.2, -0.15) is 0 Å². The van der Waals surface area contributed by atoms with Crippen LogP contribution in [0, 0.1) is 0 Å². The predicted octanol–water partition coefficient (Wildman–Crippen LogP) is 1.67. The average molecular weight is 226 g/mol. The molecule has 0 unspecified atom stereocenters. The van der Waals surface area contributed by atoms with E-state index in [9.17, 15) is 10.0 Å². The van der Waals surface area contributed by atoms with Crippen molar-refractivity contribution < 1.29 is 15.5 Å². The number of hydrogen-bond acceptors (Lipinski definition) is 2. The van der Waals surface area contributed by atoms with Crippen molar-refractivity contribution in [1.82, 2.24) is 0 Å². The van der Waals surface area contributed by atoms with E-state index >= 15 is 0 Å². The SMILES string of the molecule is [2H]c1c([2H])c([2H])c2c(B(O)O)c3ccccc3cc2c1[2H]. The maximum atomic E-state index is 9.70. The van der Waals surface area contributed by atoms with Crippen molar-refractivity contribution in [2.75, 3.05) is 0 Å². The van der Waals surface area contributed by atoms with Crippen LogP contribution in [0.3, 0.4) is 0 Å². The first kappa shape index (κ1) is 6.79. The van der Waals surface area contributed by atoms with Gasteiger partial charge in [0, 0.05) is 0 Å². The van der Waals surface area contributed by atoms with Crippen molar-refractivity contribution >= 4 is 34.1 Å². The minimum atomic E-state index is -1.82. The first-order valence-corrected chi connectivity index (χ1v) is 5.21. The largest absolute Gasteiger partial charge is 0.489 e. The third-order valence-electron chi connectivity index (χ3n) is 2.79. The quantitative estimate of drug-likeness (QED) is 0.489. The van der Waals surface area contributed by atoms with Gasteiger partial charge in [-0.05, 0) is 33.1 Å². The van der Waals surface area contributed by atoms with E-state index in [1.807, 2.05) is 0 Å². The molecule has 0 aliphatic heterocycles. The Hall–Kier alpha value is -1.84. The monoisotopic (exact) mass is 226 g/mol. The summed E-state index contributed by atoms with van der Waals surface area (Å²) in [5.74, 6) is 0. The summed E-state index contributed by atoms with van der Waals surface area (Å²) in [6, 6.07) is 7.48. The predicted molar refractivity (Wildman–Crippen MR) is 71.3 cm³/mol. The Labute approximate surface area is 105 Å². The van der Waals surface area contributed by atoms with Crippen molar-refractivity contribution in [3.8, 4) is 0 Å². The van der Waals surface area contributed by atoms with Gasteiger partial charge in [0.2, 0.25) is 0 Å². The van der Waals surface area contributed by atoms with Gasteiger partial charge in [-0.1, -0.05) is 48.4 Å². The molecule has 3 aromatic rings. The van der Waals surface area contributed by atoms with E-state index in [0.29, 0.717) is 10.8 Å². The highest BCUT2D eigenvalue weighted by atomic mass is 16.4. The molecule has 2 nitrogen and oxygen atoms in total. The molecule has 0 atom stereocenters. The molecular formula is C14H11BO2. The second-order valence-corrected chi connectivity index (χ2v) is 3.81. The summed E-state index contributed by atoms with van der Waals surface area (Å²) in [7, 11) is -1.82. The third kappa shape index (κ3) is 1.60. The molecule has 0 aromatic heterocycles. The first-order valence-electron chi connectivity index (χ1n) is 7.21. The van der Waals surface area contributed by atoms with Crippen LogP contribution in [0.1, 0.15) is 5.48 Å². The summed E-state index contributed by atoms with van der Waals surface area (Å²) in [6.45, 7) is 0. The van der Waals surface area contributed by atoms with Gasteiger partial charge in [0.05, 0.1) is 5.48 Å². The average Bonchev–Trinajstić information content (AvgIpc) is 2.48. The van der Waals surface area contributed by atoms with E-state index in [0.717, 1.165) is 0 Å². The molecule has 2 N–H and O–H groups in total. The molecule has 82 valence electrons. The van der Waals surface area contributed by atoms with E-state index in [4.69, 9.17) is 5.48 Å². The lowest BCUT2D eigenvalue weighted by atomic mass is 9.74. The lowest BCUT2D eigenvalue weighted by Crippen LogP contribution is -2.31. The summed E-state index contributed by atoms with van der Waals surface area (Å²) in [4.78, 5) is 0. The van der Waals surface area contributed by atoms with Gasteiger partial charge in [0.25, 0.3) is 0 Å². The van der Waals surface area contributed by atoms with Crippen LogP contribution >= 0.6 is 0 Å². The molecular weight excluding hydrogens is 211 g/mol. The lowest BCUT2D eigenvalue weighted by Gasteiger charge is -2.10. The van der Waals surface area contributed by atoms with Gasteiger partial charge in [-0.3, -0.25) is 0 Å². The number of hydrogen-bond donors (Lipinski definition) is 2. The van der Waals surface area contributed by atoms with E-state index in [1.165, 1.54) is 0 Å². The second-order valence-electron chi connectivity index (χ2n) is 3.81. The Kier molecular flexibility index (Phi) is 1.55. The second kappa shape index (κ2) is 3.88. The molecule has 17 heavy (non-hydrogen) atoms. The number of benzene rings is 3. The Bertz CT molecular complexity index is 880. The summed E-state index contributed by atoms with van der Waals surface area (Å²) >= 11 is 0. The van der Waals surface area contributed by atoms with Gasteiger partial charge in [0.1, 0.15) is 0 Å². The highest BCUT2D eigenvalue weighted by Crippen LogP contribution is 2.20. The van der Waals surface area contributed by atoms with Crippen molar-refractivity contribution in [3.63, 3.8) is 0 Å². The zero-order valence-corrected chi connectivity index (χ0v) is 8.86. The summed E-state index contributed by atoms with van der Waals surface area (Å²) in [5, 5.41) is 21.1. The van der Waals surface area contributed by atoms with Crippen LogP contribution in [0.15, 0.2) is 54.5 Å². The topological polar surface area (TPSA) is 40.5 Å². The van der Waals surface area contributed by atoms with Crippen LogP contribution in [0.2, 0.25) is 0 Å². The van der Waals surface area contributed by atoms with E-state index in [-0.39, 0.29) is 40.4 Å². The fraction of sp³-hybridized carbons (Fsp3) is 0. The molecule has 3 rings (SSSR count). The summed E-state index contributed by atoms with van der Waals surface area (Å²) in [5.41, 5.74) is 0.107. The molecule has 0 saturated heterocycles. The molecule has 0 spiro atoms. The summed E-state index contributed by atoms with van der Waals surface area (Å²) in [6.07, 6.45) is 0. The Balaban J connectivity index is 2.68. The highest BCUT2D eigenvalue weighted by molar-refractivity contribution is 6.65. The fourth-order valence-corrected chi connectivity index (χ4v) is 2.07. The standard InChI is InChI=1S/C14H11BO2/c16-15(17)14-12-7-3-1-5-10(12)9-11-6-2-4-8-13(11)14/h1-9,16-17H/i1D,3D,5D,7D. The van der Waals surface area contributed by atoms with Gasteiger partial charge in [-0.15, -0.1) is 0 Å². The molecule has 0 heterocycles. The molecule has 0 radical (unpaired) electrons. The highest BCUT2D eigenvalue weighted by Gasteiger charge is 2.18. The van der Waals surface area contributed by atoms with E-state index in [1.54, 1.807) is 30.3 Å². The van der Waals surface area contributed by atoms with Crippen LogP contribution in [0.5, 0.6) is 0 Å². The zero-order chi connectivity index (χ0) is 15.3. The van der Waals surface area contributed by atoms with Crippen LogP contribution in [-0.2, 0) is 0 Å². The smallest absolute Gasteiger partial charge is 0.423 e. The van der Waals surface area contributed by atoms with E-state index < -0.39 is 7.12 Å². The number of rotatable bonds is 1. The van der Waals surface area contributed by atoms with Gasteiger partial charge >= 0.3 is 7.12 Å². The Morgan fingerprint density at radius 2 is 1.71 bits per heavy atom. The molecule has 0 fully saturated rings. The van der Waals surface area contributed by atoms with Crippen molar-refractivity contribution in [2.45, 2.75) is 0 Å². The van der Waals surface area contributed by atoms with Gasteiger partial charge in [0.15, 0.2) is 0 Å². The van der Waals surface area contributed by atoms with Gasteiger partial charge < -0.3 is 10.0 Å². The third-order valence-corrected chi connectivity index (χ3v) is 2.79. The Morgan fingerprint density at radius 3 is 2.53 bits per heavy atom. The van der Waals surface area contributed by atoms with Crippen LogP contribution < -0.4 is 5.46 Å². The minimum Gasteiger partial charge on any atom is -0.423 e. The molecule has 0 aliphatic rings. The lowest BCUT2D eigenvalue weighted by molar-refractivity contribution is 0.426. The van der Waals surface area contributed by atoms with Crippen LogP contribution in [0.25, 0.3) is 21.5 Å². The van der Waals surface area contributed by atoms with Crippen molar-refractivity contribution in [1.29, 1.82) is 0 Å². The Morgan fingerprint density at radius 1 is 0.941 bits per heavy atom. The molecule has 0 amide bonds. The number of fused-ring (bicyclic) bond motifs is 2.